The molecule has 0 saturated heterocycles. The summed E-state index contributed by atoms with van der Waals surface area (Å²) in [4.78, 5) is 107. The van der Waals surface area contributed by atoms with Crippen LogP contribution in [0.5, 0.6) is 5.75 Å². The average Bonchev–Trinajstić information content (AvgIpc) is 3.59. The molecule has 348 valence electrons. The van der Waals surface area contributed by atoms with Crippen LogP contribution in [0, 0.1) is 0 Å². The van der Waals surface area contributed by atoms with Crippen LogP contribution >= 0.6 is 0 Å². The molecule has 3 aromatic carbocycles. The number of rotatable bonds is 26. The SMILES string of the molecule is CC(=O)N[C@@H](CCC(=O)O)C(=O)N[C@@H](CC(=O)O)C(=O)N[C@@H](CC(=O)O)C(=O)NCCCCCCOc1cccc(Cc2nc3c(Cc4ccccc4)[nH]c(-c4ccccc4)cn-3c2=O)c1. The molecule has 19 heteroatoms. The van der Waals surface area contributed by atoms with Crippen LogP contribution in [0.1, 0.15) is 80.8 Å². The predicted octanol–water partition coefficient (Wildman–Crippen LogP) is 3.19. The molecular formula is C47H53N7O12. The zero-order valence-corrected chi connectivity index (χ0v) is 36.3. The van der Waals surface area contributed by atoms with Gasteiger partial charge in [-0.3, -0.25) is 42.9 Å². The van der Waals surface area contributed by atoms with Crippen LogP contribution in [-0.2, 0) is 46.4 Å². The van der Waals surface area contributed by atoms with Crippen LogP contribution in [0.15, 0.2) is 95.9 Å². The number of benzene rings is 3. The summed E-state index contributed by atoms with van der Waals surface area (Å²) in [5.74, 6) is -6.77. The van der Waals surface area contributed by atoms with Gasteiger partial charge in [-0.25, -0.2) is 4.98 Å². The Hall–Kier alpha value is -7.83. The Morgan fingerprint density at radius 2 is 1.32 bits per heavy atom. The summed E-state index contributed by atoms with van der Waals surface area (Å²) in [6, 6.07) is 22.4. The first kappa shape index (κ1) is 49.2. The first-order valence-corrected chi connectivity index (χ1v) is 21.4. The smallest absolute Gasteiger partial charge is 0.305 e. The van der Waals surface area contributed by atoms with Gasteiger partial charge < -0.3 is 46.3 Å². The molecule has 0 aliphatic carbocycles. The maximum absolute atomic E-state index is 13.8. The molecule has 0 bridgehead atoms. The molecule has 19 nitrogen and oxygen atoms in total. The third-order valence-corrected chi connectivity index (χ3v) is 10.3. The van der Waals surface area contributed by atoms with E-state index in [4.69, 9.17) is 14.8 Å². The van der Waals surface area contributed by atoms with Gasteiger partial charge in [-0.15, -0.1) is 0 Å². The van der Waals surface area contributed by atoms with Crippen LogP contribution in [0.2, 0.25) is 0 Å². The quantitative estimate of drug-likeness (QED) is 0.0371. The molecule has 0 aromatic heterocycles. The van der Waals surface area contributed by atoms with E-state index in [2.05, 4.69) is 26.3 Å². The topological polar surface area (TPSA) is 288 Å². The van der Waals surface area contributed by atoms with E-state index in [1.807, 2.05) is 84.9 Å². The Bertz CT molecular complexity index is 2510. The third kappa shape index (κ3) is 15.2. The highest BCUT2D eigenvalue weighted by Gasteiger charge is 2.32. The number of aromatic amines is 1. The Balaban J connectivity index is 1.10. The number of imidazole rings is 1. The van der Waals surface area contributed by atoms with Crippen molar-refractivity contribution in [2.45, 2.75) is 89.3 Å². The van der Waals surface area contributed by atoms with Crippen molar-refractivity contribution < 1.29 is 53.6 Å². The van der Waals surface area contributed by atoms with E-state index >= 15 is 0 Å². The molecule has 5 rings (SSSR count). The van der Waals surface area contributed by atoms with Crippen LogP contribution in [-0.4, -0.2) is 103 Å². The second kappa shape index (κ2) is 24.3. The normalized spacial score (nSPS) is 12.3. The number of nitrogens with zero attached hydrogens (tertiary/aromatic N) is 2. The van der Waals surface area contributed by atoms with Crippen LogP contribution in [0.4, 0.5) is 0 Å². The molecule has 0 unspecified atom stereocenters. The maximum atomic E-state index is 13.8. The third-order valence-electron chi connectivity index (χ3n) is 10.3. The summed E-state index contributed by atoms with van der Waals surface area (Å²) in [5.41, 5.74) is 4.68. The highest BCUT2D eigenvalue weighted by Crippen LogP contribution is 2.24. The predicted molar refractivity (Wildman–Crippen MR) is 239 cm³/mol. The number of aromatic nitrogens is 3. The maximum Gasteiger partial charge on any atom is 0.305 e. The van der Waals surface area contributed by atoms with Crippen molar-refractivity contribution in [2.24, 2.45) is 0 Å². The number of carbonyl (C=O) groups is 7. The van der Waals surface area contributed by atoms with E-state index < -0.39 is 78.9 Å². The minimum atomic E-state index is -1.79. The number of nitrogens with one attached hydrogen (secondary N) is 5. The lowest BCUT2D eigenvalue weighted by molar-refractivity contribution is -0.143. The number of carboxylic acids is 3. The minimum absolute atomic E-state index is 0.134. The molecular weight excluding hydrogens is 855 g/mol. The van der Waals surface area contributed by atoms with Gasteiger partial charge in [0.25, 0.3) is 5.56 Å². The molecule has 0 fully saturated rings. The van der Waals surface area contributed by atoms with Gasteiger partial charge in [0.2, 0.25) is 23.6 Å². The minimum Gasteiger partial charge on any atom is -0.494 e. The molecule has 3 aromatic rings. The van der Waals surface area contributed by atoms with E-state index in [1.165, 1.54) is 0 Å². The number of ether oxygens (including phenoxy) is 1. The van der Waals surface area contributed by atoms with Crippen molar-refractivity contribution >= 4 is 41.5 Å². The molecule has 66 heavy (non-hydrogen) atoms. The van der Waals surface area contributed by atoms with E-state index in [9.17, 15) is 48.6 Å². The first-order valence-electron chi connectivity index (χ1n) is 21.4. The summed E-state index contributed by atoms with van der Waals surface area (Å²) in [6.07, 6.45) is 2.51. The number of fused-ring (bicyclic) bond motifs is 1. The molecule has 0 saturated carbocycles. The fraction of sp³-hybridized carbons (Fsp3) is 0.340. The van der Waals surface area contributed by atoms with Crippen molar-refractivity contribution in [3.63, 3.8) is 0 Å². The van der Waals surface area contributed by atoms with Gasteiger partial charge in [-0.1, -0.05) is 85.6 Å². The van der Waals surface area contributed by atoms with Crippen molar-refractivity contribution in [1.29, 1.82) is 0 Å². The van der Waals surface area contributed by atoms with Gasteiger partial charge in [0.05, 0.1) is 30.8 Å². The number of carboxylic acid groups (broad SMARTS) is 3. The number of amides is 4. The molecule has 4 amide bonds. The number of H-pyrrole nitrogens is 1. The van der Waals surface area contributed by atoms with Gasteiger partial charge >= 0.3 is 17.9 Å². The van der Waals surface area contributed by atoms with Crippen molar-refractivity contribution in [1.82, 2.24) is 35.8 Å². The number of hydrogen-bond acceptors (Lipinski definition) is 10. The molecule has 2 heterocycles. The Morgan fingerprint density at radius 1 is 0.697 bits per heavy atom. The van der Waals surface area contributed by atoms with Crippen molar-refractivity contribution in [2.75, 3.05) is 13.2 Å². The number of unbranched alkanes of at least 4 members (excludes halogenated alkanes) is 3. The summed E-state index contributed by atoms with van der Waals surface area (Å²) >= 11 is 0. The van der Waals surface area contributed by atoms with Crippen molar-refractivity contribution in [3.8, 4) is 22.8 Å². The number of carbonyl (C=O) groups excluding carboxylic acids is 4. The van der Waals surface area contributed by atoms with Gasteiger partial charge in [-0.05, 0) is 48.1 Å². The van der Waals surface area contributed by atoms with E-state index in [1.54, 1.807) is 10.8 Å². The first-order chi connectivity index (χ1) is 31.7. The number of hydrogen-bond donors (Lipinski definition) is 8. The molecule has 2 aliphatic rings. The second-order valence-corrected chi connectivity index (χ2v) is 15.6. The van der Waals surface area contributed by atoms with Gasteiger partial charge in [-0.2, -0.15) is 0 Å². The van der Waals surface area contributed by atoms with Gasteiger partial charge in [0.1, 0.15) is 29.6 Å². The van der Waals surface area contributed by atoms with E-state index in [0.717, 1.165) is 41.4 Å². The zero-order valence-electron chi connectivity index (χ0n) is 36.3. The molecule has 0 radical (unpaired) electrons. The summed E-state index contributed by atoms with van der Waals surface area (Å²) in [6.45, 7) is 1.60. The summed E-state index contributed by atoms with van der Waals surface area (Å²) in [5, 5.41) is 36.9. The number of aliphatic carboxylic acids is 3. The van der Waals surface area contributed by atoms with E-state index in [-0.39, 0.29) is 18.5 Å². The van der Waals surface area contributed by atoms with Gasteiger partial charge in [0, 0.05) is 38.9 Å². The Morgan fingerprint density at radius 3 is 1.97 bits per heavy atom. The fourth-order valence-electron chi connectivity index (χ4n) is 7.12. The molecule has 2 aliphatic heterocycles. The highest BCUT2D eigenvalue weighted by molar-refractivity contribution is 5.96. The molecule has 3 atom stereocenters. The lowest BCUT2D eigenvalue weighted by atomic mass is 10.1. The second-order valence-electron chi connectivity index (χ2n) is 15.6. The lowest BCUT2D eigenvalue weighted by Crippen LogP contribution is -2.57. The monoisotopic (exact) mass is 907 g/mol. The van der Waals surface area contributed by atoms with Crippen LogP contribution in [0.3, 0.4) is 0 Å². The average molecular weight is 908 g/mol. The Labute approximate surface area is 379 Å². The summed E-state index contributed by atoms with van der Waals surface area (Å²) in [7, 11) is 0. The van der Waals surface area contributed by atoms with Crippen LogP contribution < -0.4 is 31.6 Å². The summed E-state index contributed by atoms with van der Waals surface area (Å²) < 4.78 is 7.62. The van der Waals surface area contributed by atoms with Gasteiger partial charge in [0.15, 0.2) is 5.82 Å². The van der Waals surface area contributed by atoms with E-state index in [0.29, 0.717) is 56.0 Å². The molecule has 8 N–H and O–H groups in total. The van der Waals surface area contributed by atoms with Crippen LogP contribution in [0.25, 0.3) is 17.1 Å². The highest BCUT2D eigenvalue weighted by atomic mass is 16.5. The molecule has 0 spiro atoms. The Kier molecular flexibility index (Phi) is 18.1. The fourth-order valence-corrected chi connectivity index (χ4v) is 7.12. The van der Waals surface area contributed by atoms with Crippen molar-refractivity contribution in [3.05, 3.63) is 124 Å². The largest absolute Gasteiger partial charge is 0.494 e. The lowest BCUT2D eigenvalue weighted by Gasteiger charge is -2.24. The zero-order chi connectivity index (χ0) is 47.6. The standard InChI is InChI=1S/C47H53N7O12/c1-29(55)49-34(19-20-40(56)57)45(63)53-37(27-42(60)61)46(64)52-36(26-41(58)59)44(62)48-21-10-2-3-11-22-66-33-18-12-15-31(23-33)25-38-47(65)54-28-39(32-16-8-5-9-17-32)50-35(43(54)51-38)24-30-13-6-4-7-14-30/h4-9,12-18,23,28,34,36-37,50H,2-3,10-11,19-22,24-27H2,1H3,(H,48,62)(H,49,55)(H,52,64)(H,53,63)(H,56,57)(H,58,59)(H,60,61)/t34-,36-,37-/m0/s1.